The van der Waals surface area contributed by atoms with Crippen LogP contribution >= 0.6 is 23.2 Å². The zero-order valence-electron chi connectivity index (χ0n) is 12.4. The van der Waals surface area contributed by atoms with Gasteiger partial charge in [0.15, 0.2) is 11.9 Å². The van der Waals surface area contributed by atoms with Crippen LogP contribution in [0.15, 0.2) is 23.6 Å². The number of hydrogen-bond donors (Lipinski definition) is 1. The highest BCUT2D eigenvalue weighted by atomic mass is 35.5. The van der Waals surface area contributed by atoms with Crippen molar-refractivity contribution in [2.45, 2.75) is 6.29 Å². The summed E-state index contributed by atoms with van der Waals surface area (Å²) in [6, 6.07) is 0. The van der Waals surface area contributed by atoms with Crippen molar-refractivity contribution in [3.05, 3.63) is 45.1 Å². The molecule has 24 heavy (non-hydrogen) atoms. The van der Waals surface area contributed by atoms with Gasteiger partial charge in [-0.05, 0) is 0 Å². The van der Waals surface area contributed by atoms with Crippen molar-refractivity contribution in [3.63, 3.8) is 0 Å². The Bertz CT molecular complexity index is 886. The number of nitrogens with zero attached hydrogens (tertiary/aromatic N) is 5. The highest BCUT2D eigenvalue weighted by Gasteiger charge is 2.24. The normalized spacial score (nSPS) is 14.6. The van der Waals surface area contributed by atoms with Gasteiger partial charge in [0, 0.05) is 7.05 Å². The van der Waals surface area contributed by atoms with E-state index in [4.69, 9.17) is 32.7 Å². The van der Waals surface area contributed by atoms with Crippen molar-refractivity contribution in [1.29, 1.82) is 0 Å². The summed E-state index contributed by atoms with van der Waals surface area (Å²) in [5, 5.41) is 4.95. The molecule has 1 saturated heterocycles. The molecule has 0 unspecified atom stereocenters. The molecule has 3 aromatic heterocycles. The Labute approximate surface area is 145 Å². The molecule has 4 heterocycles. The average Bonchev–Trinajstić information content (AvgIpc) is 3.20. The molecule has 0 aliphatic carbocycles. The van der Waals surface area contributed by atoms with Gasteiger partial charge in [-0.25, -0.2) is 15.0 Å². The minimum atomic E-state index is -0.527. The van der Waals surface area contributed by atoms with Gasteiger partial charge >= 0.3 is 0 Å². The number of fused-ring (bicyclic) bond motifs is 1. The number of halogens is 2. The van der Waals surface area contributed by atoms with E-state index in [9.17, 15) is 4.79 Å². The van der Waals surface area contributed by atoms with E-state index in [1.54, 1.807) is 11.7 Å². The lowest BCUT2D eigenvalue weighted by atomic mass is 10.3. The molecule has 126 valence electrons. The van der Waals surface area contributed by atoms with E-state index in [0.29, 0.717) is 29.8 Å². The van der Waals surface area contributed by atoms with Gasteiger partial charge < -0.3 is 14.5 Å². The summed E-state index contributed by atoms with van der Waals surface area (Å²) in [6.07, 6.45) is 3.64. The zero-order chi connectivity index (χ0) is 17.1. The van der Waals surface area contributed by atoms with Gasteiger partial charge in [-0.2, -0.15) is 5.10 Å². The van der Waals surface area contributed by atoms with Crippen molar-refractivity contribution in [2.24, 2.45) is 7.05 Å². The van der Waals surface area contributed by atoms with Crippen molar-refractivity contribution in [3.8, 4) is 0 Å². The Morgan fingerprint density at radius 1 is 1.21 bits per heavy atom. The zero-order valence-corrected chi connectivity index (χ0v) is 14.0. The topological polar surface area (TPSA) is 108 Å². The van der Waals surface area contributed by atoms with Crippen LogP contribution in [0.5, 0.6) is 0 Å². The third-order valence-corrected chi connectivity index (χ3v) is 3.78. The fourth-order valence-electron chi connectivity index (χ4n) is 2.05. The number of aromatic amines is 1. The van der Waals surface area contributed by atoms with E-state index in [-0.39, 0.29) is 15.9 Å². The first-order chi connectivity index (χ1) is 11.6. The van der Waals surface area contributed by atoms with E-state index in [1.165, 1.54) is 18.9 Å². The second-order valence-electron chi connectivity index (χ2n) is 4.68. The maximum absolute atomic E-state index is 11.0. The molecule has 1 N–H and O–H groups in total. The Kier molecular flexibility index (Phi) is 5.05. The molecule has 0 aromatic carbocycles. The first-order valence-electron chi connectivity index (χ1n) is 6.82. The molecule has 0 radical (unpaired) electrons. The van der Waals surface area contributed by atoms with Crippen LogP contribution in [0.3, 0.4) is 0 Å². The van der Waals surface area contributed by atoms with E-state index >= 15 is 0 Å². The lowest BCUT2D eigenvalue weighted by molar-refractivity contribution is -0.0444. The number of ether oxygens (including phenoxy) is 2. The lowest BCUT2D eigenvalue weighted by Gasteiger charge is -2.10. The molecule has 1 aliphatic heterocycles. The van der Waals surface area contributed by atoms with Gasteiger partial charge in [-0.3, -0.25) is 9.48 Å². The lowest BCUT2D eigenvalue weighted by Crippen LogP contribution is -2.05. The summed E-state index contributed by atoms with van der Waals surface area (Å²) < 4.78 is 12.0. The average molecular weight is 371 g/mol. The molecule has 4 rings (SSSR count). The van der Waals surface area contributed by atoms with Crippen LogP contribution in [0.4, 0.5) is 0 Å². The van der Waals surface area contributed by atoms with Crippen LogP contribution < -0.4 is 5.56 Å². The van der Waals surface area contributed by atoms with Gasteiger partial charge in [0.05, 0.1) is 31.3 Å². The second kappa shape index (κ2) is 7.22. The van der Waals surface area contributed by atoms with Gasteiger partial charge in [0.1, 0.15) is 22.0 Å². The maximum Gasteiger partial charge on any atom is 0.261 e. The summed E-state index contributed by atoms with van der Waals surface area (Å²) in [4.78, 5) is 25.0. The quantitative estimate of drug-likeness (QED) is 0.646. The molecular formula is C13H12Cl2N6O3. The van der Waals surface area contributed by atoms with Crippen LogP contribution in [0, 0.1) is 0 Å². The summed E-state index contributed by atoms with van der Waals surface area (Å²) >= 11 is 11.6. The highest BCUT2D eigenvalue weighted by Crippen LogP contribution is 2.32. The standard InChI is InChI=1S/C7H6Cl2N2O2.C6H6N4O/c8-5-4(6(9)11-3-10-5)7-12-1-2-13-7;1-10-5-4(2-9-10)6(11)8-3-7-5/h3,7H,1-2H2;2-3H,1H3,(H,7,8,11). The molecule has 1 fully saturated rings. The number of rotatable bonds is 1. The molecule has 0 atom stereocenters. The van der Waals surface area contributed by atoms with Gasteiger partial charge in [-0.1, -0.05) is 23.2 Å². The summed E-state index contributed by atoms with van der Waals surface area (Å²) in [7, 11) is 1.74. The Balaban J connectivity index is 0.000000143. The van der Waals surface area contributed by atoms with E-state index in [2.05, 4.69) is 25.0 Å². The van der Waals surface area contributed by atoms with Crippen molar-refractivity contribution in [1.82, 2.24) is 29.7 Å². The van der Waals surface area contributed by atoms with Crippen molar-refractivity contribution < 1.29 is 9.47 Å². The monoisotopic (exact) mass is 370 g/mol. The molecular weight excluding hydrogens is 359 g/mol. The number of nitrogens with one attached hydrogen (secondary N) is 1. The van der Waals surface area contributed by atoms with Crippen LogP contribution in [0.25, 0.3) is 11.0 Å². The Morgan fingerprint density at radius 2 is 1.88 bits per heavy atom. The van der Waals surface area contributed by atoms with Gasteiger partial charge in [-0.15, -0.1) is 0 Å². The van der Waals surface area contributed by atoms with Crippen molar-refractivity contribution in [2.75, 3.05) is 13.2 Å². The van der Waals surface area contributed by atoms with E-state index < -0.39 is 6.29 Å². The largest absolute Gasteiger partial charge is 0.346 e. The van der Waals surface area contributed by atoms with Gasteiger partial charge in [0.25, 0.3) is 5.56 Å². The summed E-state index contributed by atoms with van der Waals surface area (Å²) in [6.45, 7) is 1.07. The molecule has 0 saturated carbocycles. The maximum atomic E-state index is 11.0. The molecule has 0 bridgehead atoms. The molecule has 0 amide bonds. The highest BCUT2D eigenvalue weighted by molar-refractivity contribution is 6.34. The molecule has 11 heteroatoms. The van der Waals surface area contributed by atoms with E-state index in [1.807, 2.05) is 0 Å². The summed E-state index contributed by atoms with van der Waals surface area (Å²) in [5.74, 6) is 0. The predicted molar refractivity (Wildman–Crippen MR) is 85.8 cm³/mol. The first kappa shape index (κ1) is 16.8. The number of aryl methyl sites for hydroxylation is 1. The van der Waals surface area contributed by atoms with Crippen molar-refractivity contribution >= 4 is 34.2 Å². The van der Waals surface area contributed by atoms with Gasteiger partial charge in [0.2, 0.25) is 0 Å². The molecule has 1 aliphatic rings. The smallest absolute Gasteiger partial charge is 0.261 e. The molecule has 9 nitrogen and oxygen atoms in total. The van der Waals surface area contributed by atoms with E-state index in [0.717, 1.165) is 0 Å². The van der Waals surface area contributed by atoms with Crippen LogP contribution in [-0.2, 0) is 16.5 Å². The Morgan fingerprint density at radius 3 is 2.50 bits per heavy atom. The minimum Gasteiger partial charge on any atom is -0.346 e. The van der Waals surface area contributed by atoms with Crippen LogP contribution in [0.2, 0.25) is 10.3 Å². The second-order valence-corrected chi connectivity index (χ2v) is 5.40. The molecule has 0 spiro atoms. The fraction of sp³-hybridized carbons (Fsp3) is 0.308. The summed E-state index contributed by atoms with van der Waals surface area (Å²) in [5.41, 5.74) is 0.959. The third kappa shape index (κ3) is 3.39. The molecule has 3 aromatic rings. The number of aromatic nitrogens is 6. The number of hydrogen-bond acceptors (Lipinski definition) is 7. The first-order valence-corrected chi connectivity index (χ1v) is 7.58. The minimum absolute atomic E-state index is 0.150. The van der Waals surface area contributed by atoms with Crippen LogP contribution in [-0.4, -0.2) is 42.9 Å². The van der Waals surface area contributed by atoms with Crippen LogP contribution in [0.1, 0.15) is 11.9 Å². The third-order valence-electron chi connectivity index (χ3n) is 3.18. The fourth-order valence-corrected chi connectivity index (χ4v) is 2.54. The predicted octanol–water partition coefficient (Wildman–Crippen LogP) is 1.49. The SMILES string of the molecule is Clc1ncnc(Cl)c1C1OCCO1.Cn1ncc2c(=O)[nH]cnc21. The Hall–Kier alpha value is -2.07. The number of H-pyrrole nitrogens is 1.